The Hall–Kier alpha value is -0.360. The first-order valence-electron chi connectivity index (χ1n) is 6.06. The van der Waals surface area contributed by atoms with Crippen LogP contribution >= 0.6 is 36.2 Å². The van der Waals surface area contributed by atoms with Crippen molar-refractivity contribution in [2.24, 2.45) is 11.7 Å². The molecule has 3 N–H and O–H groups in total. The molecule has 3 unspecified atom stereocenters. The van der Waals surface area contributed by atoms with E-state index in [1.54, 1.807) is 11.3 Å². The van der Waals surface area contributed by atoms with Crippen molar-refractivity contribution in [2.75, 3.05) is 0 Å². The molecule has 0 aromatic carbocycles. The average Bonchev–Trinajstić information content (AvgIpc) is 2.86. The number of amides is 1. The molecule has 110 valence electrons. The highest BCUT2D eigenvalue weighted by Crippen LogP contribution is 2.25. The number of nitrogens with one attached hydrogen (secondary N) is 1. The third-order valence-corrected chi connectivity index (χ3v) is 4.42. The van der Waals surface area contributed by atoms with E-state index in [4.69, 9.17) is 5.73 Å². The van der Waals surface area contributed by atoms with Gasteiger partial charge in [0.05, 0.1) is 12.0 Å². The van der Waals surface area contributed by atoms with Crippen LogP contribution in [0.3, 0.4) is 0 Å². The first kappa shape index (κ1) is 18.6. The van der Waals surface area contributed by atoms with Crippen LogP contribution in [0.15, 0.2) is 5.38 Å². The Morgan fingerprint density at radius 1 is 1.53 bits per heavy atom. The molecule has 4 nitrogen and oxygen atoms in total. The Morgan fingerprint density at radius 2 is 2.21 bits per heavy atom. The highest BCUT2D eigenvalue weighted by Gasteiger charge is 2.31. The SMILES string of the molecule is Cc1csc(C(C)NC(=O)C2CCCC2N)n1.Cl.Cl. The van der Waals surface area contributed by atoms with Gasteiger partial charge in [-0.2, -0.15) is 0 Å². The van der Waals surface area contributed by atoms with Crippen LogP contribution in [0.25, 0.3) is 0 Å². The molecule has 0 radical (unpaired) electrons. The fourth-order valence-electron chi connectivity index (χ4n) is 2.27. The molecule has 1 aliphatic rings. The Bertz CT molecular complexity index is 413. The first-order chi connectivity index (χ1) is 8.08. The quantitative estimate of drug-likeness (QED) is 0.897. The van der Waals surface area contributed by atoms with Crippen molar-refractivity contribution < 1.29 is 4.79 Å². The molecule has 3 atom stereocenters. The zero-order valence-electron chi connectivity index (χ0n) is 11.1. The largest absolute Gasteiger partial charge is 0.347 e. The highest BCUT2D eigenvalue weighted by atomic mass is 35.5. The lowest BCUT2D eigenvalue weighted by atomic mass is 10.0. The summed E-state index contributed by atoms with van der Waals surface area (Å²) in [4.78, 5) is 16.4. The second kappa shape index (κ2) is 8.04. The van der Waals surface area contributed by atoms with Gasteiger partial charge in [0.1, 0.15) is 5.01 Å². The number of nitrogens with zero attached hydrogens (tertiary/aromatic N) is 1. The number of aromatic nitrogens is 1. The van der Waals surface area contributed by atoms with E-state index in [9.17, 15) is 4.79 Å². The average molecular weight is 326 g/mol. The Kier molecular flexibility index (Phi) is 7.89. The minimum Gasteiger partial charge on any atom is -0.347 e. The Morgan fingerprint density at radius 3 is 2.68 bits per heavy atom. The number of aryl methyl sites for hydroxylation is 1. The van der Waals surface area contributed by atoms with Crippen LogP contribution < -0.4 is 11.1 Å². The van der Waals surface area contributed by atoms with Crippen LogP contribution in [0, 0.1) is 12.8 Å². The Labute approximate surface area is 130 Å². The summed E-state index contributed by atoms with van der Waals surface area (Å²) in [7, 11) is 0. The van der Waals surface area contributed by atoms with Crippen molar-refractivity contribution in [1.82, 2.24) is 10.3 Å². The highest BCUT2D eigenvalue weighted by molar-refractivity contribution is 7.09. The van der Waals surface area contributed by atoms with E-state index in [1.807, 2.05) is 19.2 Å². The van der Waals surface area contributed by atoms with Crippen LogP contribution in [0.4, 0.5) is 0 Å². The number of rotatable bonds is 3. The van der Waals surface area contributed by atoms with Crippen molar-refractivity contribution in [1.29, 1.82) is 0 Å². The predicted molar refractivity (Wildman–Crippen MR) is 83.2 cm³/mol. The number of carbonyl (C=O) groups is 1. The van der Waals surface area contributed by atoms with Gasteiger partial charge in [-0.25, -0.2) is 4.98 Å². The van der Waals surface area contributed by atoms with Crippen molar-refractivity contribution >= 4 is 42.1 Å². The molecule has 0 bridgehead atoms. The fraction of sp³-hybridized carbons (Fsp3) is 0.667. The van der Waals surface area contributed by atoms with Gasteiger partial charge in [0.15, 0.2) is 0 Å². The van der Waals surface area contributed by atoms with Gasteiger partial charge in [0.25, 0.3) is 0 Å². The molecule has 0 spiro atoms. The molecule has 1 amide bonds. The van der Waals surface area contributed by atoms with Crippen LogP contribution in [0.5, 0.6) is 0 Å². The summed E-state index contributed by atoms with van der Waals surface area (Å²) in [6, 6.07) is 0.00855. The van der Waals surface area contributed by atoms with Crippen LogP contribution in [-0.2, 0) is 4.79 Å². The smallest absolute Gasteiger partial charge is 0.225 e. The summed E-state index contributed by atoms with van der Waals surface area (Å²) in [5.41, 5.74) is 6.93. The number of hydrogen-bond donors (Lipinski definition) is 2. The van der Waals surface area contributed by atoms with E-state index in [2.05, 4.69) is 10.3 Å². The maximum atomic E-state index is 12.0. The van der Waals surface area contributed by atoms with Crippen molar-refractivity contribution in [3.8, 4) is 0 Å². The van der Waals surface area contributed by atoms with Gasteiger partial charge in [-0.3, -0.25) is 4.79 Å². The van der Waals surface area contributed by atoms with Crippen LogP contribution in [0.1, 0.15) is 42.9 Å². The molecule has 1 saturated carbocycles. The standard InChI is InChI=1S/C12H19N3OS.2ClH/c1-7-6-17-12(14-7)8(2)15-11(16)9-4-3-5-10(9)13;;/h6,8-10H,3-5,13H2,1-2H3,(H,15,16);2*1H. The molecule has 0 saturated heterocycles. The minimum atomic E-state index is -0.0194. The predicted octanol–water partition coefficient (Wildman–Crippen LogP) is 2.60. The number of carbonyl (C=O) groups excluding carboxylic acids is 1. The molecule has 0 aliphatic heterocycles. The fourth-order valence-corrected chi connectivity index (χ4v) is 3.07. The summed E-state index contributed by atoms with van der Waals surface area (Å²) >= 11 is 1.59. The third kappa shape index (κ3) is 4.60. The van der Waals surface area contributed by atoms with E-state index in [1.165, 1.54) is 0 Å². The van der Waals surface area contributed by atoms with Gasteiger partial charge >= 0.3 is 0 Å². The first-order valence-corrected chi connectivity index (χ1v) is 6.94. The molecule has 1 aromatic rings. The maximum Gasteiger partial charge on any atom is 0.225 e. The van der Waals surface area contributed by atoms with E-state index in [0.29, 0.717) is 0 Å². The van der Waals surface area contributed by atoms with E-state index in [-0.39, 0.29) is 48.7 Å². The molecule has 2 rings (SSSR count). The molecule has 7 heteroatoms. The van der Waals surface area contributed by atoms with Gasteiger partial charge in [-0.05, 0) is 26.7 Å². The molecular weight excluding hydrogens is 305 g/mol. The zero-order valence-corrected chi connectivity index (χ0v) is 13.5. The van der Waals surface area contributed by atoms with Gasteiger partial charge in [-0.15, -0.1) is 36.2 Å². The van der Waals surface area contributed by atoms with E-state index < -0.39 is 0 Å². The second-order valence-corrected chi connectivity index (χ2v) is 5.65. The molecule has 1 fully saturated rings. The summed E-state index contributed by atoms with van der Waals surface area (Å²) in [6.07, 6.45) is 2.93. The maximum absolute atomic E-state index is 12.0. The molecular formula is C12H21Cl2N3OS. The van der Waals surface area contributed by atoms with Crippen molar-refractivity contribution in [3.05, 3.63) is 16.1 Å². The molecule has 1 heterocycles. The number of halogens is 2. The lowest BCUT2D eigenvalue weighted by Gasteiger charge is -2.18. The number of nitrogens with two attached hydrogens (primary N) is 1. The second-order valence-electron chi connectivity index (χ2n) is 4.76. The van der Waals surface area contributed by atoms with E-state index >= 15 is 0 Å². The van der Waals surface area contributed by atoms with Gasteiger partial charge in [0.2, 0.25) is 5.91 Å². The topological polar surface area (TPSA) is 68.0 Å². The van der Waals surface area contributed by atoms with Crippen molar-refractivity contribution in [3.63, 3.8) is 0 Å². The lowest BCUT2D eigenvalue weighted by Crippen LogP contribution is -2.39. The summed E-state index contributed by atoms with van der Waals surface area (Å²) in [5.74, 6) is 0.0638. The third-order valence-electron chi connectivity index (χ3n) is 3.27. The van der Waals surface area contributed by atoms with E-state index in [0.717, 1.165) is 30.0 Å². The molecule has 19 heavy (non-hydrogen) atoms. The van der Waals surface area contributed by atoms with Gasteiger partial charge < -0.3 is 11.1 Å². The summed E-state index contributed by atoms with van der Waals surface area (Å²) < 4.78 is 0. The zero-order chi connectivity index (χ0) is 12.4. The summed E-state index contributed by atoms with van der Waals surface area (Å²) in [6.45, 7) is 3.93. The lowest BCUT2D eigenvalue weighted by molar-refractivity contribution is -0.125. The Balaban J connectivity index is 0.00000162. The van der Waals surface area contributed by atoms with Gasteiger partial charge in [-0.1, -0.05) is 6.42 Å². The van der Waals surface area contributed by atoms with Crippen LogP contribution in [0.2, 0.25) is 0 Å². The van der Waals surface area contributed by atoms with Crippen LogP contribution in [-0.4, -0.2) is 16.9 Å². The number of thiazole rings is 1. The molecule has 1 aromatic heterocycles. The normalized spacial score (nSPS) is 23.1. The number of hydrogen-bond acceptors (Lipinski definition) is 4. The monoisotopic (exact) mass is 325 g/mol. The summed E-state index contributed by atoms with van der Waals surface area (Å²) in [5, 5.41) is 5.97. The minimum absolute atomic E-state index is 0. The van der Waals surface area contributed by atoms with Crippen molar-refractivity contribution in [2.45, 2.75) is 45.2 Å². The molecule has 1 aliphatic carbocycles. The van der Waals surface area contributed by atoms with Gasteiger partial charge in [0, 0.05) is 17.1 Å².